The third-order valence-electron chi connectivity index (χ3n) is 2.84. The Morgan fingerprint density at radius 2 is 1.58 bits per heavy atom. The highest BCUT2D eigenvalue weighted by Gasteiger charge is 2.06. The lowest BCUT2D eigenvalue weighted by Crippen LogP contribution is -2.05. The summed E-state index contributed by atoms with van der Waals surface area (Å²) >= 11 is 0. The SMILES string of the molecule is C[C@@H](/C=C/c1ccccc1)C[S@](=O)c1ccccc1. The zero-order chi connectivity index (χ0) is 13.5. The van der Waals surface area contributed by atoms with E-state index in [1.807, 2.05) is 48.5 Å². The van der Waals surface area contributed by atoms with E-state index in [2.05, 4.69) is 31.2 Å². The van der Waals surface area contributed by atoms with Crippen LogP contribution >= 0.6 is 0 Å². The first-order valence-corrected chi connectivity index (χ1v) is 7.74. The van der Waals surface area contributed by atoms with Gasteiger partial charge in [-0.25, -0.2) is 0 Å². The molecule has 0 unspecified atom stereocenters. The minimum atomic E-state index is -0.923. The smallest absolute Gasteiger partial charge is 0.0535 e. The van der Waals surface area contributed by atoms with Crippen LogP contribution in [-0.2, 0) is 10.8 Å². The lowest BCUT2D eigenvalue weighted by Gasteiger charge is -2.06. The first-order valence-electron chi connectivity index (χ1n) is 6.42. The standard InChI is InChI=1S/C17H18OS/c1-15(12-13-16-8-4-2-5-9-16)14-19(18)17-10-6-3-7-11-17/h2-13,15H,14H2,1H3/b13-12+/t15-,19-/m0/s1. The second-order valence-corrected chi connectivity index (χ2v) is 6.07. The highest BCUT2D eigenvalue weighted by Crippen LogP contribution is 2.12. The van der Waals surface area contributed by atoms with E-state index in [1.165, 1.54) is 5.56 Å². The summed E-state index contributed by atoms with van der Waals surface area (Å²) in [6, 6.07) is 19.8. The summed E-state index contributed by atoms with van der Waals surface area (Å²) in [7, 11) is -0.923. The Hall–Kier alpha value is -1.67. The molecule has 0 bridgehead atoms. The van der Waals surface area contributed by atoms with Crippen molar-refractivity contribution in [3.8, 4) is 0 Å². The van der Waals surface area contributed by atoms with Crippen molar-refractivity contribution in [2.45, 2.75) is 11.8 Å². The van der Waals surface area contributed by atoms with Crippen LogP contribution in [-0.4, -0.2) is 9.96 Å². The van der Waals surface area contributed by atoms with Crippen molar-refractivity contribution in [3.05, 3.63) is 72.3 Å². The molecular weight excluding hydrogens is 252 g/mol. The first-order chi connectivity index (χ1) is 9.25. The predicted octanol–water partition coefficient (Wildman–Crippen LogP) is 4.14. The van der Waals surface area contributed by atoms with Gasteiger partial charge in [-0.15, -0.1) is 0 Å². The van der Waals surface area contributed by atoms with Crippen molar-refractivity contribution >= 4 is 16.9 Å². The summed E-state index contributed by atoms with van der Waals surface area (Å²) in [4.78, 5) is 0.905. The van der Waals surface area contributed by atoms with Gasteiger partial charge in [0.1, 0.15) is 0 Å². The lowest BCUT2D eigenvalue weighted by molar-refractivity contribution is 0.675. The molecule has 0 saturated heterocycles. The molecule has 19 heavy (non-hydrogen) atoms. The highest BCUT2D eigenvalue weighted by molar-refractivity contribution is 7.85. The molecule has 0 aliphatic rings. The van der Waals surface area contributed by atoms with Gasteiger partial charge in [0.25, 0.3) is 0 Å². The number of rotatable bonds is 5. The average molecular weight is 270 g/mol. The Bertz CT molecular complexity index is 546. The molecule has 2 rings (SSSR count). The van der Waals surface area contributed by atoms with Crippen LogP contribution in [0.3, 0.4) is 0 Å². The molecule has 0 aliphatic carbocycles. The van der Waals surface area contributed by atoms with Crippen molar-refractivity contribution in [2.75, 3.05) is 5.75 Å². The average Bonchev–Trinajstić information content (AvgIpc) is 2.47. The molecule has 98 valence electrons. The van der Waals surface area contributed by atoms with E-state index >= 15 is 0 Å². The Balaban J connectivity index is 1.93. The molecular formula is C17H18OS. The zero-order valence-electron chi connectivity index (χ0n) is 11.0. The van der Waals surface area contributed by atoms with E-state index in [0.29, 0.717) is 11.7 Å². The summed E-state index contributed by atoms with van der Waals surface area (Å²) in [5.41, 5.74) is 1.18. The van der Waals surface area contributed by atoms with Gasteiger partial charge >= 0.3 is 0 Å². The maximum Gasteiger partial charge on any atom is 0.0535 e. The van der Waals surface area contributed by atoms with E-state index in [9.17, 15) is 4.21 Å². The topological polar surface area (TPSA) is 17.1 Å². The summed E-state index contributed by atoms with van der Waals surface area (Å²) < 4.78 is 12.1. The molecule has 0 heterocycles. The normalized spacial score (nSPS) is 14.4. The summed E-state index contributed by atoms with van der Waals surface area (Å²) in [5, 5.41) is 0. The van der Waals surface area contributed by atoms with E-state index < -0.39 is 10.8 Å². The van der Waals surface area contributed by atoms with Gasteiger partial charge < -0.3 is 0 Å². The van der Waals surface area contributed by atoms with Gasteiger partial charge in [0, 0.05) is 10.6 Å². The van der Waals surface area contributed by atoms with Crippen molar-refractivity contribution in [1.82, 2.24) is 0 Å². The molecule has 2 aromatic rings. The van der Waals surface area contributed by atoms with Crippen LogP contribution in [0.15, 0.2) is 71.6 Å². The van der Waals surface area contributed by atoms with Crippen LogP contribution in [0.5, 0.6) is 0 Å². The molecule has 0 radical (unpaired) electrons. The molecule has 0 aromatic heterocycles. The first kappa shape index (κ1) is 13.8. The monoisotopic (exact) mass is 270 g/mol. The van der Waals surface area contributed by atoms with Gasteiger partial charge in [-0.2, -0.15) is 0 Å². The molecule has 0 N–H and O–H groups in total. The number of benzene rings is 2. The Kier molecular flexibility index (Phi) is 5.10. The largest absolute Gasteiger partial charge is 0.254 e. The van der Waals surface area contributed by atoms with Crippen LogP contribution in [0.2, 0.25) is 0 Å². The second-order valence-electron chi connectivity index (χ2n) is 4.57. The van der Waals surface area contributed by atoms with Crippen LogP contribution < -0.4 is 0 Å². The van der Waals surface area contributed by atoms with Crippen LogP contribution in [0.25, 0.3) is 6.08 Å². The fraction of sp³-hybridized carbons (Fsp3) is 0.176. The van der Waals surface area contributed by atoms with Crippen molar-refractivity contribution in [3.63, 3.8) is 0 Å². The maximum absolute atomic E-state index is 12.1. The zero-order valence-corrected chi connectivity index (χ0v) is 11.8. The molecule has 0 fully saturated rings. The van der Waals surface area contributed by atoms with Crippen LogP contribution in [0.4, 0.5) is 0 Å². The fourth-order valence-corrected chi connectivity index (χ4v) is 3.04. The molecule has 2 atom stereocenters. The van der Waals surface area contributed by atoms with Gasteiger partial charge in [0.2, 0.25) is 0 Å². The van der Waals surface area contributed by atoms with Gasteiger partial charge in [-0.05, 0) is 23.6 Å². The van der Waals surface area contributed by atoms with Gasteiger partial charge in [-0.1, -0.05) is 67.6 Å². The summed E-state index contributed by atoms with van der Waals surface area (Å²) in [6.45, 7) is 2.10. The van der Waals surface area contributed by atoms with Gasteiger partial charge in [-0.3, -0.25) is 4.21 Å². The van der Waals surface area contributed by atoms with E-state index in [1.54, 1.807) is 0 Å². The summed E-state index contributed by atoms with van der Waals surface area (Å²) in [5.74, 6) is 0.953. The van der Waals surface area contributed by atoms with Crippen LogP contribution in [0, 0.1) is 5.92 Å². The third kappa shape index (κ3) is 4.49. The third-order valence-corrected chi connectivity index (χ3v) is 4.46. The Labute approximate surface area is 117 Å². The summed E-state index contributed by atoms with van der Waals surface area (Å²) in [6.07, 6.45) is 4.21. The molecule has 0 saturated carbocycles. The number of hydrogen-bond donors (Lipinski definition) is 0. The molecule has 0 aliphatic heterocycles. The van der Waals surface area contributed by atoms with E-state index in [0.717, 1.165) is 4.90 Å². The predicted molar refractivity (Wildman–Crippen MR) is 82.4 cm³/mol. The number of allylic oxidation sites excluding steroid dienone is 1. The minimum Gasteiger partial charge on any atom is -0.254 e. The molecule has 2 aromatic carbocycles. The second kappa shape index (κ2) is 7.05. The van der Waals surface area contributed by atoms with Crippen molar-refractivity contribution in [2.24, 2.45) is 5.92 Å². The molecule has 0 spiro atoms. The fourth-order valence-electron chi connectivity index (χ4n) is 1.80. The Morgan fingerprint density at radius 3 is 2.21 bits per heavy atom. The minimum absolute atomic E-state index is 0.293. The molecule has 2 heteroatoms. The lowest BCUT2D eigenvalue weighted by atomic mass is 10.1. The Morgan fingerprint density at radius 1 is 1.00 bits per heavy atom. The van der Waals surface area contributed by atoms with Crippen molar-refractivity contribution in [1.29, 1.82) is 0 Å². The molecule has 1 nitrogen and oxygen atoms in total. The number of hydrogen-bond acceptors (Lipinski definition) is 1. The maximum atomic E-state index is 12.1. The molecule has 0 amide bonds. The van der Waals surface area contributed by atoms with Crippen LogP contribution in [0.1, 0.15) is 12.5 Å². The van der Waals surface area contributed by atoms with Gasteiger partial charge in [0.15, 0.2) is 0 Å². The quantitative estimate of drug-likeness (QED) is 0.798. The van der Waals surface area contributed by atoms with Crippen molar-refractivity contribution < 1.29 is 4.21 Å². The highest BCUT2D eigenvalue weighted by atomic mass is 32.2. The van der Waals surface area contributed by atoms with Gasteiger partial charge in [0.05, 0.1) is 10.8 Å². The van der Waals surface area contributed by atoms with E-state index in [4.69, 9.17) is 0 Å². The van der Waals surface area contributed by atoms with E-state index in [-0.39, 0.29) is 0 Å².